The lowest BCUT2D eigenvalue weighted by Gasteiger charge is -2.47. The molecule has 1 aliphatic heterocycles. The van der Waals surface area contributed by atoms with Crippen LogP contribution in [0.15, 0.2) is 24.4 Å². The molecule has 27 heavy (non-hydrogen) atoms. The van der Waals surface area contributed by atoms with Gasteiger partial charge in [-0.1, -0.05) is 19.1 Å². The van der Waals surface area contributed by atoms with Crippen LogP contribution in [0.5, 0.6) is 0 Å². The lowest BCUT2D eigenvalue weighted by molar-refractivity contribution is 0.0980. The van der Waals surface area contributed by atoms with Crippen LogP contribution in [-0.2, 0) is 6.42 Å². The smallest absolute Gasteiger partial charge is 0.317 e. The fourth-order valence-corrected chi connectivity index (χ4v) is 5.22. The monoisotopic (exact) mass is 368 g/mol. The standard InChI is InChI=1S/C22H32N4O/c1-4-10-26-14-16(24-22(27)25(5-2)6-3)12-18-17-8-7-9-19-21(17)15(13-23-19)11-20(18)26/h7-9,13,16,18,20,23H,4-6,10-12,14H2,1-3H3,(H,24,27)/t16-,18+,20+/m0/s1. The first-order chi connectivity index (χ1) is 13.2. The summed E-state index contributed by atoms with van der Waals surface area (Å²) in [4.78, 5) is 20.6. The van der Waals surface area contributed by atoms with Crippen LogP contribution in [0.2, 0.25) is 0 Å². The number of carbonyl (C=O) groups excluding carboxylic acids is 1. The third kappa shape index (κ3) is 3.22. The number of H-pyrrole nitrogens is 1. The first-order valence-corrected chi connectivity index (χ1v) is 10.5. The van der Waals surface area contributed by atoms with Crippen molar-refractivity contribution in [1.29, 1.82) is 0 Å². The molecule has 0 spiro atoms. The van der Waals surface area contributed by atoms with Crippen molar-refractivity contribution in [3.8, 4) is 0 Å². The number of nitrogens with one attached hydrogen (secondary N) is 2. The van der Waals surface area contributed by atoms with Gasteiger partial charge in [-0.05, 0) is 56.8 Å². The molecule has 4 rings (SSSR count). The summed E-state index contributed by atoms with van der Waals surface area (Å²) in [6, 6.07) is 7.48. The minimum Gasteiger partial charge on any atom is -0.361 e. The molecular formula is C22H32N4O. The predicted molar refractivity (Wildman–Crippen MR) is 110 cm³/mol. The van der Waals surface area contributed by atoms with Crippen LogP contribution in [0.4, 0.5) is 4.79 Å². The molecule has 5 nitrogen and oxygen atoms in total. The van der Waals surface area contributed by atoms with Crippen molar-refractivity contribution in [1.82, 2.24) is 20.1 Å². The summed E-state index contributed by atoms with van der Waals surface area (Å²) >= 11 is 0. The Morgan fingerprint density at radius 3 is 2.85 bits per heavy atom. The summed E-state index contributed by atoms with van der Waals surface area (Å²) in [6.45, 7) is 9.89. The second-order valence-electron chi connectivity index (χ2n) is 8.01. The van der Waals surface area contributed by atoms with Crippen molar-refractivity contribution < 1.29 is 4.79 Å². The normalized spacial score (nSPS) is 24.6. The number of urea groups is 1. The number of benzene rings is 1. The Morgan fingerprint density at radius 2 is 2.11 bits per heavy atom. The quantitative estimate of drug-likeness (QED) is 0.845. The zero-order chi connectivity index (χ0) is 19.0. The van der Waals surface area contributed by atoms with Gasteiger partial charge in [-0.3, -0.25) is 4.90 Å². The Labute approximate surface area is 162 Å². The van der Waals surface area contributed by atoms with Crippen LogP contribution in [0.3, 0.4) is 0 Å². The summed E-state index contributed by atoms with van der Waals surface area (Å²) in [7, 11) is 0. The predicted octanol–water partition coefficient (Wildman–Crippen LogP) is 3.71. The van der Waals surface area contributed by atoms with E-state index >= 15 is 0 Å². The Hall–Kier alpha value is -2.01. The van der Waals surface area contributed by atoms with E-state index in [1.807, 2.05) is 18.7 Å². The second kappa shape index (κ2) is 7.55. The van der Waals surface area contributed by atoms with Gasteiger partial charge in [0.15, 0.2) is 0 Å². The highest BCUT2D eigenvalue weighted by Crippen LogP contribution is 2.43. The van der Waals surface area contributed by atoms with Crippen molar-refractivity contribution in [3.05, 3.63) is 35.5 Å². The van der Waals surface area contributed by atoms with Crippen LogP contribution in [0, 0.1) is 0 Å². The van der Waals surface area contributed by atoms with E-state index < -0.39 is 0 Å². The minimum absolute atomic E-state index is 0.0799. The summed E-state index contributed by atoms with van der Waals surface area (Å²) in [5.74, 6) is 0.485. The molecule has 3 atom stereocenters. The van der Waals surface area contributed by atoms with Gasteiger partial charge in [0, 0.05) is 54.7 Å². The van der Waals surface area contributed by atoms with E-state index in [0.717, 1.165) is 45.4 Å². The molecule has 1 aromatic carbocycles. The van der Waals surface area contributed by atoms with E-state index in [4.69, 9.17) is 0 Å². The highest BCUT2D eigenvalue weighted by Gasteiger charge is 2.41. The Morgan fingerprint density at radius 1 is 1.30 bits per heavy atom. The maximum atomic E-state index is 12.6. The number of aromatic amines is 1. The first kappa shape index (κ1) is 18.4. The third-order valence-corrected chi connectivity index (χ3v) is 6.46. The maximum Gasteiger partial charge on any atom is 0.317 e. The van der Waals surface area contributed by atoms with Gasteiger partial charge in [0.2, 0.25) is 0 Å². The summed E-state index contributed by atoms with van der Waals surface area (Å²) < 4.78 is 0. The number of piperidine rings is 1. The van der Waals surface area contributed by atoms with E-state index in [2.05, 4.69) is 46.5 Å². The Kier molecular flexibility index (Phi) is 5.13. The van der Waals surface area contributed by atoms with E-state index in [-0.39, 0.29) is 12.1 Å². The molecule has 2 amide bonds. The Bertz CT molecular complexity index is 810. The molecule has 1 aliphatic carbocycles. The van der Waals surface area contributed by atoms with Crippen LogP contribution in [-0.4, -0.2) is 59.1 Å². The average molecular weight is 369 g/mol. The van der Waals surface area contributed by atoms with Crippen molar-refractivity contribution in [2.75, 3.05) is 26.2 Å². The van der Waals surface area contributed by atoms with Gasteiger partial charge in [0.05, 0.1) is 0 Å². The molecular weight excluding hydrogens is 336 g/mol. The SMILES string of the molecule is CCCN1C[C@@H](NC(=O)N(CC)CC)C[C@@H]2c3cccc4[nH]cc(c34)C[C@H]21. The van der Waals surface area contributed by atoms with Gasteiger partial charge in [-0.2, -0.15) is 0 Å². The molecule has 5 heteroatoms. The molecule has 0 unspecified atom stereocenters. The number of fused-ring (bicyclic) bond motifs is 2. The van der Waals surface area contributed by atoms with E-state index in [0.29, 0.717) is 12.0 Å². The fraction of sp³-hybridized carbons (Fsp3) is 0.591. The molecule has 1 saturated heterocycles. The van der Waals surface area contributed by atoms with Crippen molar-refractivity contribution in [2.24, 2.45) is 0 Å². The molecule has 0 radical (unpaired) electrons. The number of amides is 2. The van der Waals surface area contributed by atoms with Crippen LogP contribution >= 0.6 is 0 Å². The number of aromatic nitrogens is 1. The van der Waals surface area contributed by atoms with Gasteiger partial charge in [0.25, 0.3) is 0 Å². The van der Waals surface area contributed by atoms with Gasteiger partial charge in [-0.25, -0.2) is 4.79 Å². The molecule has 2 aromatic rings. The number of hydrogen-bond donors (Lipinski definition) is 2. The average Bonchev–Trinajstić information content (AvgIpc) is 3.08. The lowest BCUT2D eigenvalue weighted by Crippen LogP contribution is -2.57. The van der Waals surface area contributed by atoms with Crippen LogP contribution in [0.1, 0.15) is 50.7 Å². The highest BCUT2D eigenvalue weighted by molar-refractivity contribution is 5.88. The number of hydrogen-bond acceptors (Lipinski definition) is 2. The highest BCUT2D eigenvalue weighted by atomic mass is 16.2. The lowest BCUT2D eigenvalue weighted by atomic mass is 9.74. The molecule has 2 heterocycles. The molecule has 0 saturated carbocycles. The summed E-state index contributed by atoms with van der Waals surface area (Å²) in [5.41, 5.74) is 4.16. The van der Waals surface area contributed by atoms with Crippen molar-refractivity contribution in [3.63, 3.8) is 0 Å². The van der Waals surface area contributed by atoms with Gasteiger partial charge in [-0.15, -0.1) is 0 Å². The van der Waals surface area contributed by atoms with E-state index in [1.165, 1.54) is 22.0 Å². The molecule has 2 N–H and O–H groups in total. The molecule has 1 fully saturated rings. The minimum atomic E-state index is 0.0799. The largest absolute Gasteiger partial charge is 0.361 e. The fourth-order valence-electron chi connectivity index (χ4n) is 5.22. The van der Waals surface area contributed by atoms with Gasteiger partial charge < -0.3 is 15.2 Å². The topological polar surface area (TPSA) is 51.4 Å². The third-order valence-electron chi connectivity index (χ3n) is 6.46. The summed E-state index contributed by atoms with van der Waals surface area (Å²) in [5, 5.41) is 4.75. The van der Waals surface area contributed by atoms with Gasteiger partial charge >= 0.3 is 6.03 Å². The second-order valence-corrected chi connectivity index (χ2v) is 8.01. The number of likely N-dealkylation sites (tertiary alicyclic amines) is 1. The van der Waals surface area contributed by atoms with Gasteiger partial charge in [0.1, 0.15) is 0 Å². The van der Waals surface area contributed by atoms with Crippen LogP contribution in [0.25, 0.3) is 10.9 Å². The maximum absolute atomic E-state index is 12.6. The first-order valence-electron chi connectivity index (χ1n) is 10.5. The molecule has 0 bridgehead atoms. The number of rotatable bonds is 5. The molecule has 2 aliphatic rings. The van der Waals surface area contributed by atoms with E-state index in [1.54, 1.807) is 0 Å². The van der Waals surface area contributed by atoms with Crippen molar-refractivity contribution >= 4 is 16.9 Å². The number of carbonyl (C=O) groups is 1. The van der Waals surface area contributed by atoms with Crippen LogP contribution < -0.4 is 5.32 Å². The molecule has 146 valence electrons. The number of nitrogens with zero attached hydrogens (tertiary/aromatic N) is 2. The summed E-state index contributed by atoms with van der Waals surface area (Å²) in [6.07, 6.45) is 5.48. The van der Waals surface area contributed by atoms with Crippen molar-refractivity contribution in [2.45, 2.75) is 58.0 Å². The molecule has 1 aromatic heterocycles. The van der Waals surface area contributed by atoms with E-state index in [9.17, 15) is 4.79 Å². The zero-order valence-corrected chi connectivity index (χ0v) is 16.8. The Balaban J connectivity index is 1.63. The zero-order valence-electron chi connectivity index (χ0n) is 16.8.